The molecule has 5 heteroatoms. The van der Waals surface area contributed by atoms with E-state index in [-0.39, 0.29) is 18.9 Å². The van der Waals surface area contributed by atoms with Gasteiger partial charge in [-0.15, -0.1) is 0 Å². The van der Waals surface area contributed by atoms with Crippen molar-refractivity contribution in [3.8, 4) is 0 Å². The Hall–Kier alpha value is -0.460. The van der Waals surface area contributed by atoms with Crippen molar-refractivity contribution in [2.75, 3.05) is 5.32 Å². The molecule has 106 valence electrons. The number of aryl methyl sites for hydroxylation is 1. The van der Waals surface area contributed by atoms with Gasteiger partial charge in [-0.05, 0) is 72.5 Å². The van der Waals surface area contributed by atoms with E-state index in [0.717, 1.165) is 21.2 Å². The number of halogens is 4. The molecule has 0 radical (unpaired) electrons. The van der Waals surface area contributed by atoms with Gasteiger partial charge < -0.3 is 5.32 Å². The van der Waals surface area contributed by atoms with Gasteiger partial charge in [-0.1, -0.05) is 6.42 Å². The molecular weight excluding hydrogens is 366 g/mol. The summed E-state index contributed by atoms with van der Waals surface area (Å²) in [4.78, 5) is 0. The molecule has 0 aromatic heterocycles. The van der Waals surface area contributed by atoms with Crippen LogP contribution < -0.4 is 5.32 Å². The molecule has 19 heavy (non-hydrogen) atoms. The summed E-state index contributed by atoms with van der Waals surface area (Å²) in [7, 11) is 0. The zero-order valence-corrected chi connectivity index (χ0v) is 12.9. The lowest BCUT2D eigenvalue weighted by Gasteiger charge is -2.32. The van der Waals surface area contributed by atoms with Crippen molar-refractivity contribution < 1.29 is 13.2 Å². The molecule has 0 amide bonds. The Kier molecular flexibility index (Phi) is 4.63. The molecule has 0 saturated heterocycles. The summed E-state index contributed by atoms with van der Waals surface area (Å²) in [5.41, 5.74) is 2.04. The van der Waals surface area contributed by atoms with Gasteiger partial charge >= 0.3 is 6.18 Å². The van der Waals surface area contributed by atoms with Crippen LogP contribution in [0.4, 0.5) is 18.9 Å². The van der Waals surface area contributed by atoms with E-state index < -0.39 is 12.1 Å². The standard InChI is InChI=1S/C14H17F3IN/c1-9-7-11(18)5-6-13(9)19-12-4-2-3-10(8-12)14(15,16)17/h5-7,10,12,19H,2-4,8H2,1H3. The summed E-state index contributed by atoms with van der Waals surface area (Å²) in [5, 5.41) is 3.28. The third-order valence-corrected chi connectivity index (χ3v) is 4.36. The van der Waals surface area contributed by atoms with Crippen LogP contribution in [0.3, 0.4) is 0 Å². The van der Waals surface area contributed by atoms with E-state index in [2.05, 4.69) is 27.9 Å². The van der Waals surface area contributed by atoms with Gasteiger partial charge in [0.25, 0.3) is 0 Å². The SMILES string of the molecule is Cc1cc(I)ccc1NC1CCCC(C(F)(F)F)C1. The van der Waals surface area contributed by atoms with Crippen LogP contribution in [0, 0.1) is 16.4 Å². The molecule has 1 aliphatic rings. The molecule has 1 saturated carbocycles. The molecule has 1 aliphatic carbocycles. The lowest BCUT2D eigenvalue weighted by Crippen LogP contribution is -2.34. The predicted molar refractivity (Wildman–Crippen MR) is 79.3 cm³/mol. The summed E-state index contributed by atoms with van der Waals surface area (Å²) in [6.07, 6.45) is -2.13. The maximum absolute atomic E-state index is 12.8. The first-order chi connectivity index (χ1) is 8.86. The molecule has 1 N–H and O–H groups in total. The quantitative estimate of drug-likeness (QED) is 0.698. The summed E-state index contributed by atoms with van der Waals surface area (Å²) in [5.74, 6) is -1.15. The number of rotatable bonds is 2. The van der Waals surface area contributed by atoms with E-state index in [0.29, 0.717) is 6.42 Å². The number of hydrogen-bond donors (Lipinski definition) is 1. The highest BCUT2D eigenvalue weighted by Crippen LogP contribution is 2.38. The molecule has 1 nitrogen and oxygen atoms in total. The number of anilines is 1. The Morgan fingerprint density at radius 3 is 2.63 bits per heavy atom. The number of benzene rings is 1. The topological polar surface area (TPSA) is 12.0 Å². The second-order valence-corrected chi connectivity index (χ2v) is 6.45. The molecule has 1 aromatic carbocycles. The first kappa shape index (κ1) is 14.9. The number of nitrogens with one attached hydrogen (secondary N) is 1. The normalized spacial score (nSPS) is 24.3. The molecule has 2 unspecified atom stereocenters. The Labute approximate surface area is 125 Å². The molecule has 1 aromatic rings. The second-order valence-electron chi connectivity index (χ2n) is 5.21. The fraction of sp³-hybridized carbons (Fsp3) is 0.571. The zero-order valence-electron chi connectivity index (χ0n) is 10.7. The van der Waals surface area contributed by atoms with E-state index in [9.17, 15) is 13.2 Å². The minimum absolute atomic E-state index is 0.0702. The minimum atomic E-state index is -4.05. The van der Waals surface area contributed by atoms with Gasteiger partial charge in [0.15, 0.2) is 0 Å². The van der Waals surface area contributed by atoms with Crippen LogP contribution in [0.2, 0.25) is 0 Å². The third-order valence-electron chi connectivity index (χ3n) is 3.69. The summed E-state index contributed by atoms with van der Waals surface area (Å²) < 4.78 is 39.4. The average Bonchev–Trinajstić information content (AvgIpc) is 2.32. The van der Waals surface area contributed by atoms with E-state index in [1.54, 1.807) is 0 Å². The van der Waals surface area contributed by atoms with Gasteiger partial charge in [0.05, 0.1) is 5.92 Å². The van der Waals surface area contributed by atoms with Gasteiger partial charge in [0.2, 0.25) is 0 Å². The van der Waals surface area contributed by atoms with Crippen molar-refractivity contribution in [1.29, 1.82) is 0 Å². The third kappa shape index (κ3) is 4.00. The summed E-state index contributed by atoms with van der Waals surface area (Å²) in [6.45, 7) is 1.98. The number of alkyl halides is 3. The van der Waals surface area contributed by atoms with Gasteiger partial charge in [0, 0.05) is 15.3 Å². The second kappa shape index (κ2) is 5.89. The minimum Gasteiger partial charge on any atom is -0.382 e. The lowest BCUT2D eigenvalue weighted by atomic mass is 9.85. The fourth-order valence-corrected chi connectivity index (χ4v) is 3.27. The fourth-order valence-electron chi connectivity index (χ4n) is 2.63. The molecule has 0 heterocycles. The summed E-state index contributed by atoms with van der Waals surface area (Å²) >= 11 is 2.23. The van der Waals surface area contributed by atoms with Gasteiger partial charge in [-0.3, -0.25) is 0 Å². The van der Waals surface area contributed by atoms with Crippen LogP contribution in [-0.2, 0) is 0 Å². The van der Waals surface area contributed by atoms with Crippen molar-refractivity contribution in [1.82, 2.24) is 0 Å². The molecule has 2 atom stereocenters. The molecule has 0 aliphatic heterocycles. The monoisotopic (exact) mass is 383 g/mol. The van der Waals surface area contributed by atoms with Crippen LogP contribution >= 0.6 is 22.6 Å². The average molecular weight is 383 g/mol. The Balaban J connectivity index is 2.03. The molecule has 1 fully saturated rings. The van der Waals surface area contributed by atoms with Crippen molar-refractivity contribution >= 4 is 28.3 Å². The number of hydrogen-bond acceptors (Lipinski definition) is 1. The Bertz CT molecular complexity index is 445. The van der Waals surface area contributed by atoms with Gasteiger partial charge in [-0.2, -0.15) is 13.2 Å². The molecule has 0 spiro atoms. The van der Waals surface area contributed by atoms with Crippen molar-refractivity contribution in [2.45, 2.75) is 44.8 Å². The maximum Gasteiger partial charge on any atom is 0.391 e. The summed E-state index contributed by atoms with van der Waals surface area (Å²) in [6, 6.07) is 5.89. The van der Waals surface area contributed by atoms with Crippen LogP contribution in [-0.4, -0.2) is 12.2 Å². The highest BCUT2D eigenvalue weighted by atomic mass is 127. The smallest absolute Gasteiger partial charge is 0.382 e. The van der Waals surface area contributed by atoms with Crippen LogP contribution in [0.1, 0.15) is 31.2 Å². The van der Waals surface area contributed by atoms with Crippen molar-refractivity contribution in [3.05, 3.63) is 27.3 Å². The molecule has 0 bridgehead atoms. The molecule has 2 rings (SSSR count). The van der Waals surface area contributed by atoms with Gasteiger partial charge in [-0.25, -0.2) is 0 Å². The first-order valence-corrected chi connectivity index (χ1v) is 7.53. The highest BCUT2D eigenvalue weighted by molar-refractivity contribution is 14.1. The van der Waals surface area contributed by atoms with Crippen LogP contribution in [0.15, 0.2) is 18.2 Å². The molecular formula is C14H17F3IN. The van der Waals surface area contributed by atoms with Crippen molar-refractivity contribution in [2.24, 2.45) is 5.92 Å². The lowest BCUT2D eigenvalue weighted by molar-refractivity contribution is -0.182. The van der Waals surface area contributed by atoms with E-state index in [1.165, 1.54) is 0 Å². The first-order valence-electron chi connectivity index (χ1n) is 6.45. The largest absolute Gasteiger partial charge is 0.391 e. The highest BCUT2D eigenvalue weighted by Gasteiger charge is 2.42. The predicted octanol–water partition coefficient (Wildman–Crippen LogP) is 5.13. The van der Waals surface area contributed by atoms with Crippen LogP contribution in [0.5, 0.6) is 0 Å². The van der Waals surface area contributed by atoms with Gasteiger partial charge in [0.1, 0.15) is 0 Å². The van der Waals surface area contributed by atoms with E-state index in [1.807, 2.05) is 25.1 Å². The van der Waals surface area contributed by atoms with Crippen molar-refractivity contribution in [3.63, 3.8) is 0 Å². The Morgan fingerprint density at radius 2 is 2.00 bits per heavy atom. The maximum atomic E-state index is 12.8. The Morgan fingerprint density at radius 1 is 1.26 bits per heavy atom. The van der Waals surface area contributed by atoms with Crippen LogP contribution in [0.25, 0.3) is 0 Å². The zero-order chi connectivity index (χ0) is 14.0. The van der Waals surface area contributed by atoms with E-state index >= 15 is 0 Å². The van der Waals surface area contributed by atoms with E-state index in [4.69, 9.17) is 0 Å².